The molecule has 3 nitrogen and oxygen atoms in total. The zero-order valence-corrected chi connectivity index (χ0v) is 13.7. The van der Waals surface area contributed by atoms with E-state index in [1.165, 1.54) is 0 Å². The summed E-state index contributed by atoms with van der Waals surface area (Å²) in [5.74, 6) is 0.746. The highest BCUT2D eigenvalue weighted by atomic mass is 35.5. The Morgan fingerprint density at radius 3 is 2.61 bits per heavy atom. The van der Waals surface area contributed by atoms with Crippen molar-refractivity contribution in [3.05, 3.63) is 53.6 Å². The van der Waals surface area contributed by atoms with Crippen molar-refractivity contribution >= 4 is 33.1 Å². The topological polar surface area (TPSA) is 38.7 Å². The summed E-state index contributed by atoms with van der Waals surface area (Å²) >= 11 is 6.15. The average Bonchev–Trinajstić information content (AvgIpc) is 2.57. The van der Waals surface area contributed by atoms with Crippen molar-refractivity contribution in [2.75, 3.05) is 19.8 Å². The van der Waals surface area contributed by atoms with Crippen molar-refractivity contribution in [3.63, 3.8) is 0 Å². The van der Waals surface area contributed by atoms with Gasteiger partial charge in [-0.3, -0.25) is 0 Å². The lowest BCUT2D eigenvalue weighted by Crippen LogP contribution is -2.23. The van der Waals surface area contributed by atoms with E-state index >= 15 is 0 Å². The van der Waals surface area contributed by atoms with Crippen LogP contribution >= 0.6 is 11.6 Å². The quantitative estimate of drug-likeness (QED) is 0.680. The van der Waals surface area contributed by atoms with Gasteiger partial charge in [-0.05, 0) is 35.9 Å². The van der Waals surface area contributed by atoms with Gasteiger partial charge in [0.05, 0.1) is 6.61 Å². The second-order valence-electron chi connectivity index (χ2n) is 5.42. The summed E-state index contributed by atoms with van der Waals surface area (Å²) in [5, 5.41) is 14.7. The third-order valence-electron chi connectivity index (χ3n) is 3.71. The smallest absolute Gasteiger partial charge is 0.135 e. The summed E-state index contributed by atoms with van der Waals surface area (Å²) in [6.07, 6.45) is -0.664. The molecule has 1 unspecified atom stereocenters. The second-order valence-corrected chi connectivity index (χ2v) is 5.85. The van der Waals surface area contributed by atoms with Gasteiger partial charge in [0.25, 0.3) is 0 Å². The Kier molecular flexibility index (Phi) is 5.01. The van der Waals surface area contributed by atoms with Gasteiger partial charge in [-0.15, -0.1) is 0 Å². The highest BCUT2D eigenvalue weighted by Gasteiger charge is 2.12. The average molecular weight is 331 g/mol. The lowest BCUT2D eigenvalue weighted by atomic mass is 10.0. The monoisotopic (exact) mass is 330 g/mol. The van der Waals surface area contributed by atoms with Crippen LogP contribution in [-0.4, -0.2) is 31.0 Å². The molecule has 0 spiro atoms. The zero-order valence-electron chi connectivity index (χ0n) is 13.0. The molecule has 1 N–H and O–H groups in total. The number of ether oxygens (including phenoxy) is 2. The third-order valence-corrected chi connectivity index (χ3v) is 3.95. The fourth-order valence-electron chi connectivity index (χ4n) is 2.63. The maximum atomic E-state index is 9.96. The van der Waals surface area contributed by atoms with Crippen molar-refractivity contribution in [1.29, 1.82) is 0 Å². The first-order chi connectivity index (χ1) is 11.2. The molecule has 0 aromatic heterocycles. The molecular formula is C19H19ClO3. The highest BCUT2D eigenvalue weighted by molar-refractivity contribution is 6.31. The van der Waals surface area contributed by atoms with Crippen molar-refractivity contribution in [2.24, 2.45) is 0 Å². The predicted octanol–water partition coefficient (Wildman–Crippen LogP) is 4.42. The van der Waals surface area contributed by atoms with E-state index in [-0.39, 0.29) is 13.2 Å². The first-order valence-corrected chi connectivity index (χ1v) is 8.06. The Balaban J connectivity index is 2.02. The molecule has 0 heterocycles. The van der Waals surface area contributed by atoms with Crippen LogP contribution in [0.2, 0.25) is 5.02 Å². The molecule has 0 aliphatic heterocycles. The molecule has 0 aliphatic rings. The Morgan fingerprint density at radius 2 is 1.78 bits per heavy atom. The zero-order chi connectivity index (χ0) is 16.2. The number of rotatable bonds is 6. The minimum absolute atomic E-state index is 0.176. The first kappa shape index (κ1) is 16.1. The van der Waals surface area contributed by atoms with Crippen LogP contribution in [0.15, 0.2) is 48.5 Å². The van der Waals surface area contributed by atoms with Gasteiger partial charge in [0.2, 0.25) is 0 Å². The number of fused-ring (bicyclic) bond motifs is 2. The van der Waals surface area contributed by atoms with Gasteiger partial charge >= 0.3 is 0 Å². The molecule has 4 heteroatoms. The van der Waals surface area contributed by atoms with Gasteiger partial charge in [-0.2, -0.15) is 0 Å². The Bertz CT molecular complexity index is 816. The first-order valence-electron chi connectivity index (χ1n) is 7.68. The number of aliphatic hydroxyl groups is 1. The Labute approximate surface area is 140 Å². The molecule has 120 valence electrons. The standard InChI is InChI=1S/C19H19ClO3/c1-2-22-11-16(21)12-23-19-17-6-4-3-5-13(17)9-14-7-8-15(20)10-18(14)19/h3-10,16,21H,2,11-12H2,1H3. The molecule has 3 rings (SSSR count). The van der Waals surface area contributed by atoms with E-state index in [0.717, 1.165) is 27.3 Å². The summed E-state index contributed by atoms with van der Waals surface area (Å²) in [6.45, 7) is 2.91. The minimum atomic E-state index is -0.664. The van der Waals surface area contributed by atoms with E-state index in [4.69, 9.17) is 21.1 Å². The van der Waals surface area contributed by atoms with E-state index in [9.17, 15) is 5.11 Å². The molecule has 0 radical (unpaired) electrons. The fraction of sp³-hybridized carbons (Fsp3) is 0.263. The normalized spacial score (nSPS) is 12.7. The summed E-state index contributed by atoms with van der Waals surface area (Å²) in [5.41, 5.74) is 0. The number of hydrogen-bond acceptors (Lipinski definition) is 3. The van der Waals surface area contributed by atoms with Gasteiger partial charge < -0.3 is 14.6 Å². The van der Waals surface area contributed by atoms with E-state index in [0.29, 0.717) is 11.6 Å². The molecule has 3 aromatic rings. The van der Waals surface area contributed by atoms with Crippen molar-refractivity contribution in [3.8, 4) is 5.75 Å². The number of hydrogen-bond donors (Lipinski definition) is 1. The lowest BCUT2D eigenvalue weighted by molar-refractivity contribution is 0.0170. The molecule has 3 aromatic carbocycles. The van der Waals surface area contributed by atoms with Crippen LogP contribution in [-0.2, 0) is 4.74 Å². The summed E-state index contributed by atoms with van der Waals surface area (Å²) in [7, 11) is 0. The van der Waals surface area contributed by atoms with Crippen molar-refractivity contribution < 1.29 is 14.6 Å². The van der Waals surface area contributed by atoms with E-state index in [1.807, 2.05) is 49.4 Å². The van der Waals surface area contributed by atoms with Crippen LogP contribution in [0.4, 0.5) is 0 Å². The van der Waals surface area contributed by atoms with E-state index < -0.39 is 6.10 Å². The van der Waals surface area contributed by atoms with Crippen LogP contribution in [0, 0.1) is 0 Å². The molecular weight excluding hydrogens is 312 g/mol. The van der Waals surface area contributed by atoms with Crippen LogP contribution in [0.1, 0.15) is 6.92 Å². The second kappa shape index (κ2) is 7.18. The van der Waals surface area contributed by atoms with Gasteiger partial charge in [0.1, 0.15) is 18.5 Å². The van der Waals surface area contributed by atoms with Crippen molar-refractivity contribution in [1.82, 2.24) is 0 Å². The molecule has 1 atom stereocenters. The molecule has 23 heavy (non-hydrogen) atoms. The largest absolute Gasteiger partial charge is 0.489 e. The van der Waals surface area contributed by atoms with Crippen LogP contribution < -0.4 is 4.74 Å². The van der Waals surface area contributed by atoms with Crippen LogP contribution in [0.5, 0.6) is 5.75 Å². The predicted molar refractivity (Wildman–Crippen MR) is 94.5 cm³/mol. The van der Waals surface area contributed by atoms with E-state index in [2.05, 4.69) is 6.07 Å². The van der Waals surface area contributed by atoms with Gasteiger partial charge in [0, 0.05) is 22.4 Å². The lowest BCUT2D eigenvalue weighted by Gasteiger charge is -2.16. The maximum Gasteiger partial charge on any atom is 0.135 e. The summed E-state index contributed by atoms with van der Waals surface area (Å²) < 4.78 is 11.2. The van der Waals surface area contributed by atoms with Gasteiger partial charge in [-0.1, -0.05) is 41.9 Å². The fourth-order valence-corrected chi connectivity index (χ4v) is 2.80. The highest BCUT2D eigenvalue weighted by Crippen LogP contribution is 2.36. The summed E-state index contributed by atoms with van der Waals surface area (Å²) in [4.78, 5) is 0. The van der Waals surface area contributed by atoms with Crippen molar-refractivity contribution in [2.45, 2.75) is 13.0 Å². The van der Waals surface area contributed by atoms with Crippen LogP contribution in [0.25, 0.3) is 21.5 Å². The molecule has 0 fully saturated rings. The number of halogens is 1. The third kappa shape index (κ3) is 3.58. The van der Waals surface area contributed by atoms with Gasteiger partial charge in [0.15, 0.2) is 0 Å². The number of benzene rings is 3. The van der Waals surface area contributed by atoms with Crippen LogP contribution in [0.3, 0.4) is 0 Å². The summed E-state index contributed by atoms with van der Waals surface area (Å²) in [6, 6.07) is 15.9. The molecule has 0 bridgehead atoms. The minimum Gasteiger partial charge on any atom is -0.489 e. The SMILES string of the molecule is CCOCC(O)COc1c2ccccc2cc2ccc(Cl)cc12. The van der Waals surface area contributed by atoms with E-state index in [1.54, 1.807) is 0 Å². The Morgan fingerprint density at radius 1 is 1.00 bits per heavy atom. The molecule has 0 aliphatic carbocycles. The molecule has 0 saturated heterocycles. The molecule has 0 amide bonds. The maximum absolute atomic E-state index is 9.96. The molecule has 0 saturated carbocycles. The Hall–Kier alpha value is -1.81. The van der Waals surface area contributed by atoms with Gasteiger partial charge in [-0.25, -0.2) is 0 Å². The number of aliphatic hydroxyl groups excluding tert-OH is 1.